The minimum Gasteiger partial charge on any atom is -0.492 e. The average molecular weight is 453 g/mol. The van der Waals surface area contributed by atoms with E-state index in [4.69, 9.17) is 27.9 Å². The number of rotatable bonds is 4. The van der Waals surface area contributed by atoms with Gasteiger partial charge < -0.3 is 4.74 Å². The molecule has 0 aliphatic rings. The highest BCUT2D eigenvalue weighted by Gasteiger charge is 2.17. The van der Waals surface area contributed by atoms with Gasteiger partial charge in [0, 0.05) is 15.6 Å². The van der Waals surface area contributed by atoms with Gasteiger partial charge in [-0.25, -0.2) is 0 Å². The number of halogens is 4. The molecule has 0 N–H and O–H groups in total. The van der Waals surface area contributed by atoms with Crippen LogP contribution < -0.4 is 4.74 Å². The van der Waals surface area contributed by atoms with Gasteiger partial charge in [-0.3, -0.25) is 0 Å². The molecule has 0 spiro atoms. The first-order valence-electron chi connectivity index (χ1n) is 6.46. The summed E-state index contributed by atoms with van der Waals surface area (Å²) in [5, 5.41) is 1.19. The molecule has 0 saturated heterocycles. The summed E-state index contributed by atoms with van der Waals surface area (Å²) in [4.78, 5) is -0.0232. The number of benzene rings is 2. The first-order chi connectivity index (χ1) is 9.93. The molecule has 0 aliphatic heterocycles. The quantitative estimate of drug-likeness (QED) is 0.456. The Morgan fingerprint density at radius 1 is 1.14 bits per heavy atom. The minimum atomic E-state index is -0.0232. The van der Waals surface area contributed by atoms with Gasteiger partial charge in [-0.05, 0) is 42.7 Å². The van der Waals surface area contributed by atoms with E-state index in [9.17, 15) is 0 Å². The summed E-state index contributed by atoms with van der Waals surface area (Å²) in [6.07, 6.45) is 0. The fraction of sp³-hybridized carbons (Fsp3) is 0.250. The third-order valence-corrected chi connectivity index (χ3v) is 5.63. The first-order valence-corrected chi connectivity index (χ1v) is 8.92. The van der Waals surface area contributed by atoms with E-state index >= 15 is 0 Å². The van der Waals surface area contributed by atoms with Gasteiger partial charge in [0.1, 0.15) is 5.75 Å². The molecule has 2 aromatic carbocycles. The Morgan fingerprint density at radius 2 is 1.86 bits per heavy atom. The van der Waals surface area contributed by atoms with E-state index in [1.807, 2.05) is 19.1 Å². The van der Waals surface area contributed by atoms with Gasteiger partial charge in [0.05, 0.1) is 16.5 Å². The van der Waals surface area contributed by atoms with Gasteiger partial charge >= 0.3 is 0 Å². The molecule has 0 aromatic heterocycles. The smallest absolute Gasteiger partial charge is 0.139 e. The van der Waals surface area contributed by atoms with Crippen LogP contribution in [0.3, 0.4) is 0 Å². The van der Waals surface area contributed by atoms with E-state index in [1.54, 1.807) is 6.07 Å². The van der Waals surface area contributed by atoms with Gasteiger partial charge in [-0.15, -0.1) is 0 Å². The summed E-state index contributed by atoms with van der Waals surface area (Å²) in [5.41, 5.74) is 3.22. The highest BCUT2D eigenvalue weighted by atomic mass is 79.9. The second kappa shape index (κ2) is 7.36. The van der Waals surface area contributed by atoms with Crippen molar-refractivity contribution in [3.05, 3.63) is 61.5 Å². The van der Waals surface area contributed by atoms with Crippen molar-refractivity contribution in [1.29, 1.82) is 0 Å². The van der Waals surface area contributed by atoms with E-state index < -0.39 is 0 Å². The van der Waals surface area contributed by atoms with Crippen LogP contribution in [-0.2, 0) is 0 Å². The SMILES string of the molecule is CCOc1cc(Cl)c(C(Br)c2ccc(Br)c(C)c2)cc1Cl. The zero-order valence-electron chi connectivity index (χ0n) is 11.6. The summed E-state index contributed by atoms with van der Waals surface area (Å²) in [6, 6.07) is 9.82. The second-order valence-corrected chi connectivity index (χ2v) is 7.19. The number of hydrogen-bond donors (Lipinski definition) is 0. The lowest BCUT2D eigenvalue weighted by Gasteiger charge is -2.16. The molecule has 0 amide bonds. The molecule has 2 rings (SSSR count). The maximum Gasteiger partial charge on any atom is 0.139 e. The second-order valence-electron chi connectivity index (χ2n) is 4.61. The fourth-order valence-electron chi connectivity index (χ4n) is 2.01. The minimum absolute atomic E-state index is 0.0232. The number of alkyl halides is 1. The van der Waals surface area contributed by atoms with Gasteiger partial charge in [0.25, 0.3) is 0 Å². The first kappa shape index (κ1) is 17.1. The lowest BCUT2D eigenvalue weighted by atomic mass is 10.0. The average Bonchev–Trinajstić information content (AvgIpc) is 2.45. The van der Waals surface area contributed by atoms with E-state index in [0.717, 1.165) is 15.6 Å². The maximum atomic E-state index is 6.38. The van der Waals surface area contributed by atoms with Crippen LogP contribution in [0.25, 0.3) is 0 Å². The molecule has 0 radical (unpaired) electrons. The molecule has 0 saturated carbocycles. The van der Waals surface area contributed by atoms with Crippen molar-refractivity contribution in [2.75, 3.05) is 6.61 Å². The largest absolute Gasteiger partial charge is 0.492 e. The van der Waals surface area contributed by atoms with Crippen LogP contribution in [0.5, 0.6) is 5.75 Å². The summed E-state index contributed by atoms with van der Waals surface area (Å²) in [6.45, 7) is 4.52. The van der Waals surface area contributed by atoms with E-state index in [2.05, 4.69) is 50.9 Å². The van der Waals surface area contributed by atoms with E-state index in [-0.39, 0.29) is 4.83 Å². The Morgan fingerprint density at radius 3 is 2.48 bits per heavy atom. The number of ether oxygens (including phenoxy) is 1. The highest BCUT2D eigenvalue weighted by molar-refractivity contribution is 9.10. The van der Waals surface area contributed by atoms with Crippen molar-refractivity contribution in [2.45, 2.75) is 18.7 Å². The number of hydrogen-bond acceptors (Lipinski definition) is 1. The third-order valence-electron chi connectivity index (χ3n) is 3.10. The molecule has 1 nitrogen and oxygen atoms in total. The van der Waals surface area contributed by atoms with Gasteiger partial charge in [-0.2, -0.15) is 0 Å². The normalized spacial score (nSPS) is 12.3. The van der Waals surface area contributed by atoms with Crippen LogP contribution >= 0.6 is 55.1 Å². The van der Waals surface area contributed by atoms with E-state index in [0.29, 0.717) is 22.4 Å². The Labute approximate surface area is 151 Å². The summed E-state index contributed by atoms with van der Waals surface area (Å²) in [5.74, 6) is 0.611. The van der Waals surface area contributed by atoms with Crippen LogP contribution in [-0.4, -0.2) is 6.61 Å². The van der Waals surface area contributed by atoms with Crippen molar-refractivity contribution in [1.82, 2.24) is 0 Å². The summed E-state index contributed by atoms with van der Waals surface area (Å²) >= 11 is 19.8. The molecule has 0 bridgehead atoms. The van der Waals surface area contributed by atoms with Crippen molar-refractivity contribution in [3.8, 4) is 5.75 Å². The molecule has 1 unspecified atom stereocenters. The van der Waals surface area contributed by atoms with Crippen molar-refractivity contribution in [3.63, 3.8) is 0 Å². The molecule has 112 valence electrons. The van der Waals surface area contributed by atoms with Crippen LogP contribution in [0.15, 0.2) is 34.8 Å². The molecular weight excluding hydrogens is 439 g/mol. The standard InChI is InChI=1S/C16H14Br2Cl2O/c1-3-21-15-8-13(19)11(7-14(15)20)16(18)10-4-5-12(17)9(2)6-10/h4-8,16H,3H2,1-2H3. The van der Waals surface area contributed by atoms with Crippen molar-refractivity contribution in [2.24, 2.45) is 0 Å². The Balaban J connectivity index is 2.40. The lowest BCUT2D eigenvalue weighted by Crippen LogP contribution is -1.98. The van der Waals surface area contributed by atoms with E-state index in [1.165, 1.54) is 5.56 Å². The van der Waals surface area contributed by atoms with Crippen LogP contribution in [0.4, 0.5) is 0 Å². The third kappa shape index (κ3) is 3.95. The van der Waals surface area contributed by atoms with Gasteiger partial charge in [-0.1, -0.05) is 67.2 Å². The topological polar surface area (TPSA) is 9.23 Å². The van der Waals surface area contributed by atoms with Gasteiger partial charge in [0.15, 0.2) is 0 Å². The molecule has 0 fully saturated rings. The Hall–Kier alpha value is -0.220. The predicted molar refractivity (Wildman–Crippen MR) is 97.3 cm³/mol. The fourth-order valence-corrected chi connectivity index (χ4v) is 3.54. The Bertz CT molecular complexity index is 659. The summed E-state index contributed by atoms with van der Waals surface area (Å²) in [7, 11) is 0. The van der Waals surface area contributed by atoms with Crippen LogP contribution in [0.2, 0.25) is 10.0 Å². The molecule has 0 heterocycles. The van der Waals surface area contributed by atoms with Crippen LogP contribution in [0, 0.1) is 6.92 Å². The maximum absolute atomic E-state index is 6.38. The molecule has 0 aliphatic carbocycles. The van der Waals surface area contributed by atoms with Crippen molar-refractivity contribution >= 4 is 55.1 Å². The monoisotopic (exact) mass is 450 g/mol. The Kier molecular flexibility index (Phi) is 6.01. The molecule has 5 heteroatoms. The zero-order chi connectivity index (χ0) is 15.6. The number of aryl methyl sites for hydroxylation is 1. The molecule has 21 heavy (non-hydrogen) atoms. The highest BCUT2D eigenvalue weighted by Crippen LogP contribution is 2.40. The van der Waals surface area contributed by atoms with Crippen molar-refractivity contribution < 1.29 is 4.74 Å². The van der Waals surface area contributed by atoms with Crippen LogP contribution in [0.1, 0.15) is 28.4 Å². The summed E-state index contributed by atoms with van der Waals surface area (Å²) < 4.78 is 6.54. The lowest BCUT2D eigenvalue weighted by molar-refractivity contribution is 0.340. The molecule has 1 atom stereocenters. The molecular formula is C16H14Br2Cl2O. The zero-order valence-corrected chi connectivity index (χ0v) is 16.3. The molecule has 2 aromatic rings. The van der Waals surface area contributed by atoms with Gasteiger partial charge in [0.2, 0.25) is 0 Å². The predicted octanol–water partition coefficient (Wildman–Crippen LogP) is 6.95.